The summed E-state index contributed by atoms with van der Waals surface area (Å²) in [5.74, 6) is 0.824. The maximum atomic E-state index is 5.79. The molecule has 88 valence electrons. The van der Waals surface area contributed by atoms with Crippen LogP contribution < -0.4 is 5.73 Å². The van der Waals surface area contributed by atoms with Crippen molar-refractivity contribution in [3.63, 3.8) is 0 Å². The van der Waals surface area contributed by atoms with Crippen molar-refractivity contribution in [3.05, 3.63) is 46.9 Å². The lowest BCUT2D eigenvalue weighted by atomic mass is 10.1. The van der Waals surface area contributed by atoms with Crippen LogP contribution in [0.15, 0.2) is 35.5 Å². The Morgan fingerprint density at radius 3 is 2.88 bits per heavy atom. The van der Waals surface area contributed by atoms with E-state index in [9.17, 15) is 0 Å². The molecule has 0 aliphatic rings. The maximum absolute atomic E-state index is 5.79. The first kappa shape index (κ1) is 12.2. The maximum Gasteiger partial charge on any atom is 0.223 e. The first-order chi connectivity index (χ1) is 8.16. The molecule has 0 unspecified atom stereocenters. The number of halogens is 1. The number of nitrogen functional groups attached to an aromatic ring is 1. The van der Waals surface area contributed by atoms with Gasteiger partial charge in [-0.2, -0.15) is 0 Å². The van der Waals surface area contributed by atoms with Gasteiger partial charge in [0.15, 0.2) is 0 Å². The third-order valence-electron chi connectivity index (χ3n) is 2.38. The molecule has 0 bridgehead atoms. The van der Waals surface area contributed by atoms with Crippen LogP contribution in [0.5, 0.6) is 0 Å². The van der Waals surface area contributed by atoms with Gasteiger partial charge < -0.3 is 5.73 Å². The largest absolute Gasteiger partial charge is 0.395 e. The molecule has 1 aromatic carbocycles. The normalized spacial score (nSPS) is 10.5. The molecule has 0 amide bonds. The zero-order chi connectivity index (χ0) is 12.3. The smallest absolute Gasteiger partial charge is 0.223 e. The van der Waals surface area contributed by atoms with Crippen molar-refractivity contribution in [2.75, 3.05) is 5.73 Å². The van der Waals surface area contributed by atoms with Gasteiger partial charge in [0.05, 0.1) is 11.9 Å². The van der Waals surface area contributed by atoms with E-state index < -0.39 is 0 Å². The first-order valence-electron chi connectivity index (χ1n) is 5.12. The second-order valence-corrected chi connectivity index (χ2v) is 4.92. The van der Waals surface area contributed by atoms with Crippen molar-refractivity contribution in [2.45, 2.75) is 17.7 Å². The van der Waals surface area contributed by atoms with E-state index in [0.717, 1.165) is 10.8 Å². The fraction of sp³-hybridized carbons (Fsp3) is 0.167. The van der Waals surface area contributed by atoms with Crippen LogP contribution in [0.3, 0.4) is 0 Å². The van der Waals surface area contributed by atoms with Crippen molar-refractivity contribution >= 4 is 29.1 Å². The highest BCUT2D eigenvalue weighted by Gasteiger charge is 2.05. The summed E-state index contributed by atoms with van der Waals surface area (Å²) in [5, 5.41) is 0.958. The van der Waals surface area contributed by atoms with Gasteiger partial charge in [0, 0.05) is 5.75 Å². The second-order valence-electron chi connectivity index (χ2n) is 3.61. The van der Waals surface area contributed by atoms with E-state index in [-0.39, 0.29) is 5.28 Å². The molecular formula is C12H12ClN3S. The molecule has 17 heavy (non-hydrogen) atoms. The van der Waals surface area contributed by atoms with Gasteiger partial charge in [0.1, 0.15) is 5.03 Å². The van der Waals surface area contributed by atoms with Crippen molar-refractivity contribution < 1.29 is 0 Å². The number of hydrogen-bond acceptors (Lipinski definition) is 4. The Balaban J connectivity index is 2.12. The summed E-state index contributed by atoms with van der Waals surface area (Å²) in [4.78, 5) is 7.94. The van der Waals surface area contributed by atoms with Crippen LogP contribution in [0.25, 0.3) is 0 Å². The second kappa shape index (κ2) is 5.38. The Morgan fingerprint density at radius 1 is 1.35 bits per heavy atom. The number of benzene rings is 1. The minimum Gasteiger partial charge on any atom is -0.395 e. The summed E-state index contributed by atoms with van der Waals surface area (Å²) in [7, 11) is 0. The van der Waals surface area contributed by atoms with E-state index in [0.29, 0.717) is 5.69 Å². The molecule has 0 fully saturated rings. The lowest BCUT2D eigenvalue weighted by molar-refractivity contribution is 1.06. The summed E-state index contributed by atoms with van der Waals surface area (Å²) in [5.41, 5.74) is 8.88. The minimum atomic E-state index is 0.228. The molecular weight excluding hydrogens is 254 g/mol. The Bertz CT molecular complexity index is 531. The lowest BCUT2D eigenvalue weighted by Gasteiger charge is -2.06. The van der Waals surface area contributed by atoms with Crippen LogP contribution in [0.1, 0.15) is 11.1 Å². The molecule has 5 heteroatoms. The van der Waals surface area contributed by atoms with E-state index in [2.05, 4.69) is 29.0 Å². The molecule has 0 saturated carbocycles. The number of nitrogens with two attached hydrogens (primary N) is 1. The van der Waals surface area contributed by atoms with Crippen LogP contribution in [0, 0.1) is 6.92 Å². The van der Waals surface area contributed by atoms with Gasteiger partial charge in [-0.1, -0.05) is 36.0 Å². The number of aryl methyl sites for hydroxylation is 1. The quantitative estimate of drug-likeness (QED) is 0.526. The summed E-state index contributed by atoms with van der Waals surface area (Å²) < 4.78 is 0. The summed E-state index contributed by atoms with van der Waals surface area (Å²) in [6.07, 6.45) is 1.54. The fourth-order valence-corrected chi connectivity index (χ4v) is 2.56. The standard InChI is InChI=1S/C12H12ClN3S/c1-8-4-2-3-5-9(8)7-17-11-10(14)6-15-12(13)16-11/h2-6H,7,14H2,1H3. The van der Waals surface area contributed by atoms with Crippen LogP contribution in [0.4, 0.5) is 5.69 Å². The molecule has 2 N–H and O–H groups in total. The van der Waals surface area contributed by atoms with Gasteiger partial charge in [-0.3, -0.25) is 0 Å². The molecule has 2 rings (SSSR count). The number of thioether (sulfide) groups is 1. The van der Waals surface area contributed by atoms with Crippen LogP contribution in [-0.4, -0.2) is 9.97 Å². The highest BCUT2D eigenvalue weighted by atomic mass is 35.5. The van der Waals surface area contributed by atoms with Crippen LogP contribution in [0.2, 0.25) is 5.28 Å². The SMILES string of the molecule is Cc1ccccc1CSc1nc(Cl)ncc1N. The molecule has 3 nitrogen and oxygen atoms in total. The Hall–Kier alpha value is -1.26. The summed E-state index contributed by atoms with van der Waals surface area (Å²) in [6, 6.07) is 8.24. The Labute approximate surface area is 109 Å². The number of rotatable bonds is 3. The average Bonchev–Trinajstić information content (AvgIpc) is 2.32. The Kier molecular flexibility index (Phi) is 3.86. The molecule has 1 aromatic heterocycles. The van der Waals surface area contributed by atoms with E-state index in [4.69, 9.17) is 17.3 Å². The van der Waals surface area contributed by atoms with Gasteiger partial charge in [-0.05, 0) is 29.7 Å². The molecule has 0 saturated heterocycles. The zero-order valence-electron chi connectivity index (χ0n) is 9.35. The first-order valence-corrected chi connectivity index (χ1v) is 6.48. The predicted molar refractivity (Wildman–Crippen MR) is 72.2 cm³/mol. The van der Waals surface area contributed by atoms with Crippen molar-refractivity contribution in [3.8, 4) is 0 Å². The van der Waals surface area contributed by atoms with Crippen molar-refractivity contribution in [1.82, 2.24) is 9.97 Å². The number of nitrogens with zero attached hydrogens (tertiary/aromatic N) is 2. The summed E-state index contributed by atoms with van der Waals surface area (Å²) in [6.45, 7) is 2.09. The highest BCUT2D eigenvalue weighted by Crippen LogP contribution is 2.27. The molecule has 0 atom stereocenters. The van der Waals surface area contributed by atoms with Gasteiger partial charge >= 0.3 is 0 Å². The van der Waals surface area contributed by atoms with Gasteiger partial charge in [0.2, 0.25) is 5.28 Å². The predicted octanol–water partition coefficient (Wildman–Crippen LogP) is 3.31. The molecule has 0 aliphatic heterocycles. The topological polar surface area (TPSA) is 51.8 Å². The van der Waals surface area contributed by atoms with E-state index >= 15 is 0 Å². The number of anilines is 1. The summed E-state index contributed by atoms with van der Waals surface area (Å²) >= 11 is 7.31. The molecule has 1 heterocycles. The van der Waals surface area contributed by atoms with E-state index in [1.54, 1.807) is 11.8 Å². The van der Waals surface area contributed by atoms with Crippen molar-refractivity contribution in [1.29, 1.82) is 0 Å². The molecule has 0 aliphatic carbocycles. The fourth-order valence-electron chi connectivity index (χ4n) is 1.39. The Morgan fingerprint density at radius 2 is 2.12 bits per heavy atom. The van der Waals surface area contributed by atoms with Crippen LogP contribution in [-0.2, 0) is 5.75 Å². The van der Waals surface area contributed by atoms with Crippen molar-refractivity contribution in [2.24, 2.45) is 0 Å². The van der Waals surface area contributed by atoms with Gasteiger partial charge in [0.25, 0.3) is 0 Å². The number of aromatic nitrogens is 2. The molecule has 0 spiro atoms. The van der Waals surface area contributed by atoms with Gasteiger partial charge in [-0.25, -0.2) is 9.97 Å². The van der Waals surface area contributed by atoms with E-state index in [1.807, 2.05) is 12.1 Å². The number of hydrogen-bond donors (Lipinski definition) is 1. The highest BCUT2D eigenvalue weighted by molar-refractivity contribution is 7.98. The van der Waals surface area contributed by atoms with Crippen LogP contribution >= 0.6 is 23.4 Å². The third-order valence-corrected chi connectivity index (χ3v) is 3.61. The third kappa shape index (κ3) is 3.11. The monoisotopic (exact) mass is 265 g/mol. The average molecular weight is 266 g/mol. The lowest BCUT2D eigenvalue weighted by Crippen LogP contribution is -1.95. The minimum absolute atomic E-state index is 0.228. The molecule has 0 radical (unpaired) electrons. The zero-order valence-corrected chi connectivity index (χ0v) is 10.9. The van der Waals surface area contributed by atoms with Gasteiger partial charge in [-0.15, -0.1) is 0 Å². The van der Waals surface area contributed by atoms with E-state index in [1.165, 1.54) is 17.3 Å². The molecule has 2 aromatic rings.